The molecule has 0 nitrogen and oxygen atoms in total. The van der Waals surface area contributed by atoms with Gasteiger partial charge in [-0.05, 0) is 89.0 Å². The summed E-state index contributed by atoms with van der Waals surface area (Å²) in [6.07, 6.45) is 0. The van der Waals surface area contributed by atoms with Crippen LogP contribution in [-0.2, 0) is 5.41 Å². The van der Waals surface area contributed by atoms with E-state index in [4.69, 9.17) is 0 Å². The van der Waals surface area contributed by atoms with Gasteiger partial charge in [-0.3, -0.25) is 0 Å². The first-order valence-electron chi connectivity index (χ1n) is 15.4. The summed E-state index contributed by atoms with van der Waals surface area (Å²) in [5.41, 5.74) is 10.8. The summed E-state index contributed by atoms with van der Waals surface area (Å²) < 4.78 is 2.73. The second-order valence-electron chi connectivity index (χ2n) is 12.8. The number of benzene rings is 8. The molecule has 1 heterocycles. The second-order valence-corrected chi connectivity index (χ2v) is 13.9. The highest BCUT2D eigenvalue weighted by Crippen LogP contribution is 2.57. The van der Waals surface area contributed by atoms with Crippen LogP contribution < -0.4 is 0 Å². The molecule has 0 fully saturated rings. The Kier molecular flexibility index (Phi) is 4.76. The van der Waals surface area contributed by atoms with Crippen LogP contribution in [0.4, 0.5) is 0 Å². The van der Waals surface area contributed by atoms with Crippen molar-refractivity contribution in [1.82, 2.24) is 0 Å². The van der Waals surface area contributed by atoms with Gasteiger partial charge in [0.05, 0.1) is 0 Å². The van der Waals surface area contributed by atoms with Gasteiger partial charge in [-0.25, -0.2) is 0 Å². The maximum atomic E-state index is 2.42. The van der Waals surface area contributed by atoms with Crippen LogP contribution in [0.2, 0.25) is 0 Å². The van der Waals surface area contributed by atoms with Crippen molar-refractivity contribution in [2.24, 2.45) is 0 Å². The van der Waals surface area contributed by atoms with E-state index in [1.165, 1.54) is 97.0 Å². The summed E-state index contributed by atoms with van der Waals surface area (Å²) in [6, 6.07) is 50.1. The standard InChI is InChI=1S/C43H28S/c1-43(2)35-23-24-37-41(33-11-6-7-14-36(33)44-37)40(35)34-13-8-12-32(42(34)43)29-20-16-27-17-21-30-28(25-9-4-3-5-10-25)19-15-26-18-22-31(29)39(27)38(26)30/h3-24H,1-2H3. The molecular weight excluding hydrogens is 549 g/mol. The third-order valence-corrected chi connectivity index (χ3v) is 11.4. The van der Waals surface area contributed by atoms with Crippen LogP contribution in [0, 0.1) is 0 Å². The fourth-order valence-electron chi connectivity index (χ4n) is 8.32. The quantitative estimate of drug-likeness (QED) is 0.180. The topological polar surface area (TPSA) is 0 Å². The van der Waals surface area contributed by atoms with Gasteiger partial charge in [0.15, 0.2) is 0 Å². The van der Waals surface area contributed by atoms with E-state index in [9.17, 15) is 0 Å². The first kappa shape index (κ1) is 24.5. The normalized spacial score (nSPS) is 13.9. The maximum Gasteiger partial charge on any atom is 0.0361 e. The van der Waals surface area contributed by atoms with Crippen LogP contribution in [0.1, 0.15) is 25.0 Å². The number of hydrogen-bond acceptors (Lipinski definition) is 1. The first-order chi connectivity index (χ1) is 21.6. The molecule has 0 unspecified atom stereocenters. The zero-order chi connectivity index (χ0) is 29.2. The average molecular weight is 577 g/mol. The molecule has 0 aliphatic heterocycles. The molecule has 0 saturated heterocycles. The van der Waals surface area contributed by atoms with Gasteiger partial charge in [-0.1, -0.05) is 135 Å². The summed E-state index contributed by atoms with van der Waals surface area (Å²) in [7, 11) is 0. The number of thiophene rings is 1. The van der Waals surface area contributed by atoms with E-state index in [0.717, 1.165) is 0 Å². The Hall–Kier alpha value is -4.98. The lowest BCUT2D eigenvalue weighted by atomic mass is 9.77. The second kappa shape index (κ2) is 8.56. The van der Waals surface area contributed by atoms with Crippen LogP contribution in [-0.4, -0.2) is 0 Å². The SMILES string of the molecule is CC1(C)c2ccc3sc4ccccc4c3c2-c2cccc(-c3ccc4ccc5c(-c6ccccc6)ccc6ccc3c4c65)c21. The lowest BCUT2D eigenvalue weighted by Crippen LogP contribution is -2.16. The van der Waals surface area contributed by atoms with Crippen LogP contribution in [0.25, 0.3) is 85.9 Å². The van der Waals surface area contributed by atoms with Gasteiger partial charge < -0.3 is 0 Å². The first-order valence-corrected chi connectivity index (χ1v) is 16.3. The lowest BCUT2D eigenvalue weighted by molar-refractivity contribution is 0.662. The third kappa shape index (κ3) is 3.07. The van der Waals surface area contributed by atoms with E-state index in [1.807, 2.05) is 11.3 Å². The molecule has 0 spiro atoms. The predicted octanol–water partition coefficient (Wildman–Crippen LogP) is 12.6. The van der Waals surface area contributed by atoms with Gasteiger partial charge in [-0.2, -0.15) is 0 Å². The summed E-state index contributed by atoms with van der Waals surface area (Å²) in [5.74, 6) is 0. The van der Waals surface area contributed by atoms with Crippen LogP contribution in [0.15, 0.2) is 133 Å². The average Bonchev–Trinajstić information content (AvgIpc) is 3.56. The van der Waals surface area contributed by atoms with Gasteiger partial charge in [-0.15, -0.1) is 11.3 Å². The minimum Gasteiger partial charge on any atom is -0.135 e. The number of fused-ring (bicyclic) bond motifs is 7. The van der Waals surface area contributed by atoms with Gasteiger partial charge in [0.2, 0.25) is 0 Å². The van der Waals surface area contributed by atoms with E-state index >= 15 is 0 Å². The van der Waals surface area contributed by atoms with Crippen molar-refractivity contribution < 1.29 is 0 Å². The van der Waals surface area contributed by atoms with E-state index in [-0.39, 0.29) is 5.41 Å². The molecule has 44 heavy (non-hydrogen) atoms. The highest BCUT2D eigenvalue weighted by Gasteiger charge is 2.39. The highest BCUT2D eigenvalue weighted by atomic mass is 32.1. The van der Waals surface area contributed by atoms with Gasteiger partial charge in [0.1, 0.15) is 0 Å². The Balaban J connectivity index is 1.28. The number of hydrogen-bond donors (Lipinski definition) is 0. The molecule has 0 bridgehead atoms. The van der Waals surface area contributed by atoms with E-state index in [0.29, 0.717) is 0 Å². The molecule has 0 atom stereocenters. The Morgan fingerprint density at radius 2 is 1.09 bits per heavy atom. The molecule has 1 aromatic heterocycles. The van der Waals surface area contributed by atoms with Crippen molar-refractivity contribution in [2.45, 2.75) is 19.3 Å². The summed E-state index contributed by atoms with van der Waals surface area (Å²) in [6.45, 7) is 4.84. The molecular formula is C43H28S. The summed E-state index contributed by atoms with van der Waals surface area (Å²) >= 11 is 1.91. The third-order valence-electron chi connectivity index (χ3n) is 10.2. The fraction of sp³-hybridized carbons (Fsp3) is 0.0698. The molecule has 0 radical (unpaired) electrons. The molecule has 1 aliphatic carbocycles. The van der Waals surface area contributed by atoms with E-state index in [2.05, 4.69) is 147 Å². The van der Waals surface area contributed by atoms with Gasteiger partial charge in [0.25, 0.3) is 0 Å². The van der Waals surface area contributed by atoms with E-state index in [1.54, 1.807) is 0 Å². The molecule has 1 heteroatoms. The predicted molar refractivity (Wildman–Crippen MR) is 191 cm³/mol. The molecule has 9 aromatic rings. The Bertz CT molecular complexity index is 2620. The van der Waals surface area contributed by atoms with Crippen molar-refractivity contribution >= 4 is 63.8 Å². The Labute approximate surface area is 260 Å². The molecule has 0 N–H and O–H groups in total. The van der Waals surface area contributed by atoms with Crippen molar-refractivity contribution in [3.8, 4) is 33.4 Å². The molecule has 8 aromatic carbocycles. The van der Waals surface area contributed by atoms with Gasteiger partial charge >= 0.3 is 0 Å². The monoisotopic (exact) mass is 576 g/mol. The minimum absolute atomic E-state index is 0.122. The van der Waals surface area contributed by atoms with Crippen molar-refractivity contribution in [2.75, 3.05) is 0 Å². The Morgan fingerprint density at radius 3 is 1.89 bits per heavy atom. The molecule has 0 amide bonds. The zero-order valence-corrected chi connectivity index (χ0v) is 25.4. The lowest BCUT2D eigenvalue weighted by Gasteiger charge is -2.25. The zero-order valence-electron chi connectivity index (χ0n) is 24.6. The van der Waals surface area contributed by atoms with Crippen LogP contribution in [0.5, 0.6) is 0 Å². The van der Waals surface area contributed by atoms with Crippen LogP contribution >= 0.6 is 11.3 Å². The molecule has 1 aliphatic rings. The Morgan fingerprint density at radius 1 is 0.432 bits per heavy atom. The highest BCUT2D eigenvalue weighted by molar-refractivity contribution is 7.26. The van der Waals surface area contributed by atoms with Gasteiger partial charge in [0, 0.05) is 25.6 Å². The largest absolute Gasteiger partial charge is 0.135 e. The smallest absolute Gasteiger partial charge is 0.0361 e. The fourth-order valence-corrected chi connectivity index (χ4v) is 9.43. The van der Waals surface area contributed by atoms with Crippen LogP contribution in [0.3, 0.4) is 0 Å². The van der Waals surface area contributed by atoms with E-state index < -0.39 is 0 Å². The molecule has 10 rings (SSSR count). The summed E-state index contributed by atoms with van der Waals surface area (Å²) in [5, 5.41) is 10.8. The maximum absolute atomic E-state index is 2.42. The minimum atomic E-state index is -0.122. The number of rotatable bonds is 2. The summed E-state index contributed by atoms with van der Waals surface area (Å²) in [4.78, 5) is 0. The van der Waals surface area contributed by atoms with Crippen molar-refractivity contribution in [3.63, 3.8) is 0 Å². The molecule has 0 saturated carbocycles. The van der Waals surface area contributed by atoms with Crippen molar-refractivity contribution in [3.05, 3.63) is 145 Å². The molecule has 206 valence electrons. The van der Waals surface area contributed by atoms with Crippen molar-refractivity contribution in [1.29, 1.82) is 0 Å².